The summed E-state index contributed by atoms with van der Waals surface area (Å²) in [6, 6.07) is 6.61. The summed E-state index contributed by atoms with van der Waals surface area (Å²) < 4.78 is 27.0. The van der Waals surface area contributed by atoms with E-state index in [9.17, 15) is 8.42 Å². The predicted octanol–water partition coefficient (Wildman–Crippen LogP) is 1.76. The Hall–Kier alpha value is -1.92. The summed E-state index contributed by atoms with van der Waals surface area (Å²) in [4.78, 5) is 4.17. The SMILES string of the molecule is Cc1cc(N)cc(S(=O)(=O)NCc2cnccc2C)c1. The molecule has 0 saturated carbocycles. The maximum atomic E-state index is 12.2. The third-order valence-electron chi connectivity index (χ3n) is 2.98. The molecule has 0 aliphatic rings. The van der Waals surface area contributed by atoms with Crippen molar-refractivity contribution in [3.63, 3.8) is 0 Å². The molecule has 3 N–H and O–H groups in total. The zero-order valence-corrected chi connectivity index (χ0v) is 12.2. The summed E-state index contributed by atoms with van der Waals surface area (Å²) in [6.45, 7) is 3.92. The molecule has 0 spiro atoms. The van der Waals surface area contributed by atoms with Crippen molar-refractivity contribution in [3.8, 4) is 0 Å². The molecule has 0 bridgehead atoms. The Morgan fingerprint density at radius 1 is 1.25 bits per heavy atom. The van der Waals surface area contributed by atoms with Gasteiger partial charge in [0.05, 0.1) is 4.90 Å². The molecular weight excluding hydrogens is 274 g/mol. The zero-order chi connectivity index (χ0) is 14.8. The van der Waals surface area contributed by atoms with Crippen molar-refractivity contribution in [2.24, 2.45) is 0 Å². The van der Waals surface area contributed by atoms with Crippen molar-refractivity contribution in [2.75, 3.05) is 5.73 Å². The number of aromatic nitrogens is 1. The average molecular weight is 291 g/mol. The molecule has 1 aromatic heterocycles. The van der Waals surface area contributed by atoms with E-state index < -0.39 is 10.0 Å². The first-order chi connectivity index (χ1) is 9.38. The van der Waals surface area contributed by atoms with Crippen molar-refractivity contribution in [3.05, 3.63) is 53.3 Å². The van der Waals surface area contributed by atoms with Gasteiger partial charge in [0, 0.05) is 24.6 Å². The summed E-state index contributed by atoms with van der Waals surface area (Å²) in [5, 5.41) is 0. The number of aryl methyl sites for hydroxylation is 2. The summed E-state index contributed by atoms with van der Waals surface area (Å²) in [7, 11) is -3.58. The van der Waals surface area contributed by atoms with E-state index in [1.165, 1.54) is 6.07 Å². The highest BCUT2D eigenvalue weighted by Gasteiger charge is 2.15. The van der Waals surface area contributed by atoms with Crippen LogP contribution in [0.4, 0.5) is 5.69 Å². The molecule has 106 valence electrons. The monoisotopic (exact) mass is 291 g/mol. The average Bonchev–Trinajstić information content (AvgIpc) is 2.37. The molecule has 6 heteroatoms. The quantitative estimate of drug-likeness (QED) is 0.841. The van der Waals surface area contributed by atoms with E-state index in [2.05, 4.69) is 9.71 Å². The van der Waals surface area contributed by atoms with Gasteiger partial charge in [0.25, 0.3) is 0 Å². The van der Waals surface area contributed by atoms with Crippen molar-refractivity contribution in [1.29, 1.82) is 0 Å². The lowest BCUT2D eigenvalue weighted by Crippen LogP contribution is -2.24. The number of nitrogens with zero attached hydrogens (tertiary/aromatic N) is 1. The molecule has 0 aliphatic carbocycles. The van der Waals surface area contributed by atoms with Gasteiger partial charge in [-0.25, -0.2) is 13.1 Å². The largest absolute Gasteiger partial charge is 0.399 e. The second-order valence-electron chi connectivity index (χ2n) is 4.71. The lowest BCUT2D eigenvalue weighted by molar-refractivity contribution is 0.581. The number of benzene rings is 1. The summed E-state index contributed by atoms with van der Waals surface area (Å²) in [5.74, 6) is 0. The summed E-state index contributed by atoms with van der Waals surface area (Å²) in [6.07, 6.45) is 3.33. The summed E-state index contributed by atoms with van der Waals surface area (Å²) in [5.41, 5.74) is 8.76. The Balaban J connectivity index is 2.22. The van der Waals surface area contributed by atoms with Crippen LogP contribution in [0.2, 0.25) is 0 Å². The Kier molecular flexibility index (Phi) is 4.06. The van der Waals surface area contributed by atoms with Gasteiger partial charge in [-0.05, 0) is 54.8 Å². The molecule has 20 heavy (non-hydrogen) atoms. The zero-order valence-electron chi connectivity index (χ0n) is 11.4. The van der Waals surface area contributed by atoms with E-state index in [1.807, 2.05) is 13.0 Å². The van der Waals surface area contributed by atoms with Crippen LogP contribution in [-0.2, 0) is 16.6 Å². The number of nitrogens with one attached hydrogen (secondary N) is 1. The van der Waals surface area contributed by atoms with Gasteiger partial charge in [-0.15, -0.1) is 0 Å². The standard InChI is InChI=1S/C14H17N3O2S/c1-10-5-13(15)7-14(6-10)20(18,19)17-9-12-8-16-4-3-11(12)2/h3-8,17H,9,15H2,1-2H3. The minimum absolute atomic E-state index is 0.177. The molecule has 0 atom stereocenters. The molecule has 0 saturated heterocycles. The van der Waals surface area contributed by atoms with E-state index in [4.69, 9.17) is 5.73 Å². The lowest BCUT2D eigenvalue weighted by atomic mass is 10.2. The maximum Gasteiger partial charge on any atom is 0.240 e. The van der Waals surface area contributed by atoms with Crippen LogP contribution in [0.1, 0.15) is 16.7 Å². The molecule has 0 fully saturated rings. The van der Waals surface area contributed by atoms with Crippen molar-refractivity contribution in [2.45, 2.75) is 25.3 Å². The molecule has 2 rings (SSSR count). The minimum Gasteiger partial charge on any atom is -0.399 e. The number of pyridine rings is 1. The van der Waals surface area contributed by atoms with Gasteiger partial charge in [-0.1, -0.05) is 0 Å². The first-order valence-electron chi connectivity index (χ1n) is 6.15. The molecule has 0 amide bonds. The number of hydrogen-bond donors (Lipinski definition) is 2. The fourth-order valence-corrected chi connectivity index (χ4v) is 3.01. The van der Waals surface area contributed by atoms with Crippen molar-refractivity contribution >= 4 is 15.7 Å². The molecule has 0 unspecified atom stereocenters. The molecule has 0 radical (unpaired) electrons. The highest BCUT2D eigenvalue weighted by Crippen LogP contribution is 2.16. The molecule has 2 aromatic rings. The van der Waals surface area contributed by atoms with Gasteiger partial charge in [0.15, 0.2) is 0 Å². The minimum atomic E-state index is -3.58. The third-order valence-corrected chi connectivity index (χ3v) is 4.36. The molecule has 0 aliphatic heterocycles. The molecular formula is C14H17N3O2S. The number of rotatable bonds is 4. The van der Waals surface area contributed by atoms with Crippen LogP contribution in [0.25, 0.3) is 0 Å². The van der Waals surface area contributed by atoms with Gasteiger partial charge < -0.3 is 5.73 Å². The van der Waals surface area contributed by atoms with Gasteiger partial charge >= 0.3 is 0 Å². The van der Waals surface area contributed by atoms with Crippen LogP contribution < -0.4 is 10.5 Å². The van der Waals surface area contributed by atoms with Crippen LogP contribution in [0.15, 0.2) is 41.6 Å². The topological polar surface area (TPSA) is 85.1 Å². The first-order valence-corrected chi connectivity index (χ1v) is 7.63. The predicted molar refractivity (Wildman–Crippen MR) is 78.6 cm³/mol. The Labute approximate surface area is 118 Å². The highest BCUT2D eigenvalue weighted by molar-refractivity contribution is 7.89. The fourth-order valence-electron chi connectivity index (χ4n) is 1.87. The van der Waals surface area contributed by atoms with Crippen molar-refractivity contribution < 1.29 is 8.42 Å². The number of nitrogens with two attached hydrogens (primary N) is 1. The lowest BCUT2D eigenvalue weighted by Gasteiger charge is -2.09. The van der Waals surface area contributed by atoms with Gasteiger partial charge in [0.1, 0.15) is 0 Å². The van der Waals surface area contributed by atoms with Crippen molar-refractivity contribution in [1.82, 2.24) is 9.71 Å². The number of hydrogen-bond acceptors (Lipinski definition) is 4. The van der Waals surface area contributed by atoms with E-state index in [0.29, 0.717) is 5.69 Å². The Morgan fingerprint density at radius 2 is 2.00 bits per heavy atom. The summed E-state index contributed by atoms with van der Waals surface area (Å²) >= 11 is 0. The molecule has 1 aromatic carbocycles. The highest BCUT2D eigenvalue weighted by atomic mass is 32.2. The maximum absolute atomic E-state index is 12.2. The molecule has 5 nitrogen and oxygen atoms in total. The van der Waals surface area contributed by atoms with Crippen LogP contribution in [0.5, 0.6) is 0 Å². The van der Waals surface area contributed by atoms with Crippen LogP contribution in [0.3, 0.4) is 0 Å². The Morgan fingerprint density at radius 3 is 2.65 bits per heavy atom. The third kappa shape index (κ3) is 3.34. The van der Waals surface area contributed by atoms with E-state index >= 15 is 0 Å². The van der Waals surface area contributed by atoms with Gasteiger partial charge in [0.2, 0.25) is 10.0 Å². The van der Waals surface area contributed by atoms with E-state index in [0.717, 1.165) is 16.7 Å². The van der Waals surface area contributed by atoms with E-state index in [-0.39, 0.29) is 11.4 Å². The number of anilines is 1. The van der Waals surface area contributed by atoms with Gasteiger partial charge in [-0.3, -0.25) is 4.98 Å². The van der Waals surface area contributed by atoms with Crippen LogP contribution in [-0.4, -0.2) is 13.4 Å². The second-order valence-corrected chi connectivity index (χ2v) is 6.47. The van der Waals surface area contributed by atoms with Gasteiger partial charge in [-0.2, -0.15) is 0 Å². The number of nitrogen functional groups attached to an aromatic ring is 1. The fraction of sp³-hybridized carbons (Fsp3) is 0.214. The van der Waals surface area contributed by atoms with E-state index in [1.54, 1.807) is 31.5 Å². The van der Waals surface area contributed by atoms with Crippen LogP contribution >= 0.6 is 0 Å². The Bertz CT molecular complexity index is 707. The second kappa shape index (κ2) is 5.60. The van der Waals surface area contributed by atoms with Crippen LogP contribution in [0, 0.1) is 13.8 Å². The smallest absolute Gasteiger partial charge is 0.240 e. The molecule has 1 heterocycles. The first kappa shape index (κ1) is 14.5. The normalized spacial score (nSPS) is 11.5. The number of sulfonamides is 1.